The highest BCUT2D eigenvalue weighted by atomic mass is 35.5. The number of halogens is 2. The third-order valence-corrected chi connectivity index (χ3v) is 2.27. The first-order valence-electron chi connectivity index (χ1n) is 5.02. The smallest absolute Gasteiger partial charge is 0.155 e. The van der Waals surface area contributed by atoms with Crippen LogP contribution in [-0.4, -0.2) is 34.9 Å². The van der Waals surface area contributed by atoms with Gasteiger partial charge in [-0.3, -0.25) is 5.10 Å². The lowest BCUT2D eigenvalue weighted by Gasteiger charge is -2.21. The second-order valence-electron chi connectivity index (χ2n) is 3.80. The van der Waals surface area contributed by atoms with E-state index in [0.717, 1.165) is 31.3 Å². The van der Waals surface area contributed by atoms with Gasteiger partial charge in [0.15, 0.2) is 11.6 Å². The van der Waals surface area contributed by atoms with Crippen molar-refractivity contribution in [1.82, 2.24) is 20.5 Å². The molecule has 0 saturated carbocycles. The summed E-state index contributed by atoms with van der Waals surface area (Å²) in [6.07, 6.45) is 0.0312. The van der Waals surface area contributed by atoms with Crippen molar-refractivity contribution in [3.05, 3.63) is 11.6 Å². The molecule has 1 fully saturated rings. The lowest BCUT2D eigenvalue weighted by Crippen LogP contribution is -2.33. The van der Waals surface area contributed by atoms with Crippen molar-refractivity contribution in [2.24, 2.45) is 0 Å². The van der Waals surface area contributed by atoms with Crippen LogP contribution in [0.15, 0.2) is 0 Å². The molecular formula is C9H18Cl2N4O. The van der Waals surface area contributed by atoms with Crippen LogP contribution in [0.4, 0.5) is 0 Å². The normalized spacial score (nSPS) is 20.1. The molecule has 1 aromatic rings. The van der Waals surface area contributed by atoms with Gasteiger partial charge in [-0.1, -0.05) is 13.8 Å². The number of rotatable bonds is 2. The number of nitrogens with one attached hydrogen (secondary N) is 2. The minimum atomic E-state index is 0. The topological polar surface area (TPSA) is 62.8 Å². The monoisotopic (exact) mass is 268 g/mol. The summed E-state index contributed by atoms with van der Waals surface area (Å²) >= 11 is 0. The summed E-state index contributed by atoms with van der Waals surface area (Å²) in [7, 11) is 0. The summed E-state index contributed by atoms with van der Waals surface area (Å²) in [6, 6.07) is 0. The Labute approximate surface area is 108 Å². The molecule has 16 heavy (non-hydrogen) atoms. The molecule has 2 rings (SSSR count). The zero-order valence-electron chi connectivity index (χ0n) is 9.40. The van der Waals surface area contributed by atoms with Crippen molar-refractivity contribution in [2.45, 2.75) is 25.9 Å². The number of hydrogen-bond donors (Lipinski definition) is 2. The predicted octanol–water partition coefficient (Wildman–Crippen LogP) is 1.43. The van der Waals surface area contributed by atoms with Crippen LogP contribution in [0.2, 0.25) is 0 Å². The van der Waals surface area contributed by atoms with Crippen LogP contribution in [0.1, 0.15) is 37.5 Å². The molecule has 1 atom stereocenters. The molecule has 1 aliphatic rings. The van der Waals surface area contributed by atoms with Gasteiger partial charge in [0, 0.05) is 19.0 Å². The lowest BCUT2D eigenvalue weighted by atomic mass is 10.2. The summed E-state index contributed by atoms with van der Waals surface area (Å²) in [5, 5.41) is 10.3. The van der Waals surface area contributed by atoms with Gasteiger partial charge >= 0.3 is 0 Å². The summed E-state index contributed by atoms with van der Waals surface area (Å²) in [4.78, 5) is 4.40. The van der Waals surface area contributed by atoms with E-state index in [-0.39, 0.29) is 30.9 Å². The van der Waals surface area contributed by atoms with Gasteiger partial charge in [0.25, 0.3) is 0 Å². The number of H-pyrrole nitrogens is 1. The minimum absolute atomic E-state index is 0. The zero-order valence-corrected chi connectivity index (χ0v) is 11.0. The SMILES string of the molecule is CC(C)c1n[nH]c(C2CNCCO2)n1.Cl.Cl. The third-order valence-electron chi connectivity index (χ3n) is 2.27. The molecule has 0 spiro atoms. The maximum Gasteiger partial charge on any atom is 0.155 e. The molecule has 1 unspecified atom stereocenters. The van der Waals surface area contributed by atoms with E-state index < -0.39 is 0 Å². The number of aromatic nitrogens is 3. The van der Waals surface area contributed by atoms with Gasteiger partial charge < -0.3 is 10.1 Å². The molecule has 7 heteroatoms. The first-order valence-corrected chi connectivity index (χ1v) is 5.02. The highest BCUT2D eigenvalue weighted by Gasteiger charge is 2.19. The maximum atomic E-state index is 5.56. The van der Waals surface area contributed by atoms with Gasteiger partial charge in [0.05, 0.1) is 6.61 Å². The van der Waals surface area contributed by atoms with Crippen LogP contribution in [0.5, 0.6) is 0 Å². The Bertz CT molecular complexity index is 299. The first kappa shape index (κ1) is 15.6. The van der Waals surface area contributed by atoms with Crippen molar-refractivity contribution in [1.29, 1.82) is 0 Å². The Hall–Kier alpha value is -0.360. The Morgan fingerprint density at radius 3 is 2.62 bits per heavy atom. The summed E-state index contributed by atoms with van der Waals surface area (Å²) < 4.78 is 5.56. The molecule has 0 aliphatic carbocycles. The molecule has 2 heterocycles. The van der Waals surface area contributed by atoms with E-state index >= 15 is 0 Å². The fourth-order valence-corrected chi connectivity index (χ4v) is 1.43. The molecule has 1 saturated heterocycles. The fourth-order valence-electron chi connectivity index (χ4n) is 1.43. The Morgan fingerprint density at radius 2 is 2.12 bits per heavy atom. The van der Waals surface area contributed by atoms with Crippen molar-refractivity contribution in [2.75, 3.05) is 19.7 Å². The number of aromatic amines is 1. The van der Waals surface area contributed by atoms with Gasteiger partial charge in [-0.05, 0) is 0 Å². The maximum absolute atomic E-state index is 5.56. The van der Waals surface area contributed by atoms with E-state index in [1.54, 1.807) is 0 Å². The molecule has 94 valence electrons. The predicted molar refractivity (Wildman–Crippen MR) is 66.5 cm³/mol. The largest absolute Gasteiger partial charge is 0.368 e. The van der Waals surface area contributed by atoms with Crippen molar-refractivity contribution >= 4 is 24.8 Å². The van der Waals surface area contributed by atoms with Crippen LogP contribution in [0, 0.1) is 0 Å². The molecule has 0 aromatic carbocycles. The van der Waals surface area contributed by atoms with Crippen molar-refractivity contribution in [3.63, 3.8) is 0 Å². The summed E-state index contributed by atoms with van der Waals surface area (Å²) in [5.41, 5.74) is 0. The second kappa shape index (κ2) is 7.06. The van der Waals surface area contributed by atoms with E-state index in [0.29, 0.717) is 5.92 Å². The average molecular weight is 269 g/mol. The lowest BCUT2D eigenvalue weighted by molar-refractivity contribution is 0.0223. The number of nitrogens with zero attached hydrogens (tertiary/aromatic N) is 2. The molecule has 0 amide bonds. The quantitative estimate of drug-likeness (QED) is 0.852. The van der Waals surface area contributed by atoms with Gasteiger partial charge in [-0.2, -0.15) is 5.10 Å². The van der Waals surface area contributed by atoms with Gasteiger partial charge in [-0.15, -0.1) is 24.8 Å². The highest BCUT2D eigenvalue weighted by molar-refractivity contribution is 5.85. The molecular weight excluding hydrogens is 251 g/mol. The van der Waals surface area contributed by atoms with Crippen LogP contribution >= 0.6 is 24.8 Å². The van der Waals surface area contributed by atoms with E-state index in [1.807, 2.05) is 0 Å². The van der Waals surface area contributed by atoms with Crippen LogP contribution in [0.25, 0.3) is 0 Å². The Balaban J connectivity index is 0.00000112. The van der Waals surface area contributed by atoms with Crippen LogP contribution in [-0.2, 0) is 4.74 Å². The number of ether oxygens (including phenoxy) is 1. The van der Waals surface area contributed by atoms with Crippen LogP contribution < -0.4 is 5.32 Å². The average Bonchev–Trinajstić information content (AvgIpc) is 2.68. The fraction of sp³-hybridized carbons (Fsp3) is 0.778. The second-order valence-corrected chi connectivity index (χ2v) is 3.80. The van der Waals surface area contributed by atoms with E-state index in [4.69, 9.17) is 4.74 Å². The highest BCUT2D eigenvalue weighted by Crippen LogP contribution is 2.16. The standard InChI is InChI=1S/C9H16N4O.2ClH/c1-6(2)8-11-9(13-12-8)7-5-10-3-4-14-7;;/h6-7,10H,3-5H2,1-2H3,(H,11,12,13);2*1H. The van der Waals surface area contributed by atoms with Gasteiger partial charge in [0.1, 0.15) is 6.10 Å². The van der Waals surface area contributed by atoms with Gasteiger partial charge in [0.2, 0.25) is 0 Å². The van der Waals surface area contributed by atoms with E-state index in [2.05, 4.69) is 34.3 Å². The molecule has 0 bridgehead atoms. The Morgan fingerprint density at radius 1 is 1.38 bits per heavy atom. The molecule has 5 nitrogen and oxygen atoms in total. The van der Waals surface area contributed by atoms with E-state index in [1.165, 1.54) is 0 Å². The third kappa shape index (κ3) is 3.59. The molecule has 1 aromatic heterocycles. The summed E-state index contributed by atoms with van der Waals surface area (Å²) in [6.45, 7) is 6.62. The number of hydrogen-bond acceptors (Lipinski definition) is 4. The van der Waals surface area contributed by atoms with Crippen molar-refractivity contribution < 1.29 is 4.74 Å². The molecule has 1 aliphatic heterocycles. The van der Waals surface area contributed by atoms with Gasteiger partial charge in [-0.25, -0.2) is 4.98 Å². The first-order chi connectivity index (χ1) is 6.77. The van der Waals surface area contributed by atoms with Crippen LogP contribution in [0.3, 0.4) is 0 Å². The molecule has 2 N–H and O–H groups in total. The zero-order chi connectivity index (χ0) is 9.97. The van der Waals surface area contributed by atoms with E-state index in [9.17, 15) is 0 Å². The summed E-state index contributed by atoms with van der Waals surface area (Å²) in [5.74, 6) is 2.05. The van der Waals surface area contributed by atoms with Crippen molar-refractivity contribution in [3.8, 4) is 0 Å². The number of morpholine rings is 1. The molecule has 0 radical (unpaired) electrons. The minimum Gasteiger partial charge on any atom is -0.368 e. The Kier molecular flexibility index (Phi) is 6.90.